The summed E-state index contributed by atoms with van der Waals surface area (Å²) in [6.45, 7) is -1.45. The molecular weight excluding hydrogens is 336 g/mol. The number of rotatable bonds is 5. The first kappa shape index (κ1) is 23.5. The summed E-state index contributed by atoms with van der Waals surface area (Å²) in [4.78, 5) is 0. The molecule has 0 aromatic rings. The van der Waals surface area contributed by atoms with Crippen LogP contribution in [0.3, 0.4) is 0 Å². The van der Waals surface area contributed by atoms with Crippen molar-refractivity contribution in [1.29, 1.82) is 0 Å². The Morgan fingerprint density at radius 1 is 0.458 bits per heavy atom. The maximum Gasteiger partial charge on any atom is 0.111 e. The highest BCUT2D eigenvalue weighted by molar-refractivity contribution is 4.98. The van der Waals surface area contributed by atoms with E-state index < -0.39 is 74.3 Å². The molecule has 0 radical (unpaired) electrons. The molecule has 24 heavy (non-hydrogen) atoms. The molecule has 4 atom stereocenters. The summed E-state index contributed by atoms with van der Waals surface area (Å²) in [5, 5.41) is 106. The van der Waals surface area contributed by atoms with Gasteiger partial charge in [-0.25, -0.2) is 0 Å². The summed E-state index contributed by atoms with van der Waals surface area (Å²) in [6.07, 6.45) is -16.2. The van der Waals surface area contributed by atoms with Crippen molar-refractivity contribution < 1.29 is 61.3 Å². The zero-order valence-corrected chi connectivity index (χ0v) is 12.6. The molecule has 0 unspecified atom stereocenters. The fraction of sp³-hybridized carbons (Fsp3) is 1.00. The lowest BCUT2D eigenvalue weighted by Gasteiger charge is -2.39. The molecule has 0 aliphatic heterocycles. The Kier molecular flexibility index (Phi) is 10.3. The highest BCUT2D eigenvalue weighted by Crippen LogP contribution is 2.20. The van der Waals surface area contributed by atoms with Crippen molar-refractivity contribution >= 4 is 0 Å². The van der Waals surface area contributed by atoms with Gasteiger partial charge in [0, 0.05) is 0 Å². The largest absolute Gasteiger partial charge is 0.394 e. The molecule has 12 nitrogen and oxygen atoms in total. The van der Waals surface area contributed by atoms with Gasteiger partial charge in [0.25, 0.3) is 0 Å². The van der Waals surface area contributed by atoms with Gasteiger partial charge in [-0.15, -0.1) is 0 Å². The molecule has 12 heteroatoms. The predicted molar refractivity (Wildman–Crippen MR) is 74.2 cm³/mol. The van der Waals surface area contributed by atoms with E-state index in [1.165, 1.54) is 0 Å². The standard InChI is InChI=1S/C6H12O6.C6H14O6/c7-1-2(8)4(10)6(12)5(11)3(1)9;7-1-3(9)5(11)6(12)4(10)2-8/h1-12H;3-12H,1-2H2/t;3-,4-,5-,6-/m.1/s1. The van der Waals surface area contributed by atoms with Crippen LogP contribution in [0, 0.1) is 0 Å². The minimum atomic E-state index is -1.67. The van der Waals surface area contributed by atoms with E-state index in [2.05, 4.69) is 0 Å². The maximum absolute atomic E-state index is 8.97. The average molecular weight is 362 g/mol. The topological polar surface area (TPSA) is 243 Å². The normalized spacial score (nSPS) is 38.5. The highest BCUT2D eigenvalue weighted by atomic mass is 16.4. The van der Waals surface area contributed by atoms with Crippen LogP contribution >= 0.6 is 0 Å². The third-order valence-electron chi connectivity index (χ3n) is 3.61. The molecule has 0 saturated heterocycles. The van der Waals surface area contributed by atoms with Crippen LogP contribution in [0.5, 0.6) is 0 Å². The molecule has 1 saturated carbocycles. The summed E-state index contributed by atoms with van der Waals surface area (Å²) < 4.78 is 0. The van der Waals surface area contributed by atoms with Gasteiger partial charge in [-0.2, -0.15) is 0 Å². The maximum atomic E-state index is 8.97. The van der Waals surface area contributed by atoms with Crippen LogP contribution in [0.25, 0.3) is 0 Å². The van der Waals surface area contributed by atoms with E-state index in [0.717, 1.165) is 0 Å². The highest BCUT2D eigenvalue weighted by Gasteiger charge is 2.47. The molecule has 1 fully saturated rings. The van der Waals surface area contributed by atoms with Crippen molar-refractivity contribution in [3.8, 4) is 0 Å². The monoisotopic (exact) mass is 362 g/mol. The Morgan fingerprint density at radius 3 is 0.750 bits per heavy atom. The second kappa shape index (κ2) is 10.5. The van der Waals surface area contributed by atoms with E-state index in [0.29, 0.717) is 0 Å². The van der Waals surface area contributed by atoms with Crippen LogP contribution in [0.2, 0.25) is 0 Å². The van der Waals surface area contributed by atoms with Crippen LogP contribution in [-0.4, -0.2) is 136 Å². The molecular formula is C12H26O12. The lowest BCUT2D eigenvalue weighted by molar-refractivity contribution is -0.223. The third kappa shape index (κ3) is 5.80. The van der Waals surface area contributed by atoms with Crippen molar-refractivity contribution in [2.75, 3.05) is 13.2 Å². The van der Waals surface area contributed by atoms with Crippen LogP contribution in [-0.2, 0) is 0 Å². The molecule has 12 N–H and O–H groups in total. The summed E-state index contributed by atoms with van der Waals surface area (Å²) >= 11 is 0. The minimum absolute atomic E-state index is 0.726. The lowest BCUT2D eigenvalue weighted by atomic mass is 9.85. The molecule has 1 rings (SSSR count). The molecule has 0 amide bonds. The first-order valence-electron chi connectivity index (χ1n) is 7.03. The summed E-state index contributed by atoms with van der Waals surface area (Å²) in [5.41, 5.74) is 0. The van der Waals surface area contributed by atoms with Crippen molar-refractivity contribution in [3.63, 3.8) is 0 Å². The van der Waals surface area contributed by atoms with Crippen LogP contribution in [0.4, 0.5) is 0 Å². The number of hydrogen-bond acceptors (Lipinski definition) is 12. The summed E-state index contributed by atoms with van der Waals surface area (Å²) in [7, 11) is 0. The van der Waals surface area contributed by atoms with E-state index in [1.54, 1.807) is 0 Å². The summed E-state index contributed by atoms with van der Waals surface area (Å²) in [5.74, 6) is 0. The van der Waals surface area contributed by atoms with E-state index >= 15 is 0 Å². The van der Waals surface area contributed by atoms with E-state index in [9.17, 15) is 0 Å². The molecule has 1 aliphatic carbocycles. The number of hydrogen-bond donors (Lipinski definition) is 12. The van der Waals surface area contributed by atoms with Gasteiger partial charge >= 0.3 is 0 Å². The van der Waals surface area contributed by atoms with Crippen LogP contribution in [0.1, 0.15) is 0 Å². The average Bonchev–Trinajstić information content (AvgIpc) is 2.60. The van der Waals surface area contributed by atoms with Gasteiger partial charge in [0.15, 0.2) is 0 Å². The smallest absolute Gasteiger partial charge is 0.111 e. The van der Waals surface area contributed by atoms with Gasteiger partial charge < -0.3 is 61.3 Å². The first-order valence-corrected chi connectivity index (χ1v) is 7.03. The third-order valence-corrected chi connectivity index (χ3v) is 3.61. The molecule has 0 heterocycles. The SMILES string of the molecule is OC1C(O)C(O)C(O)C(O)C1O.OC[C@@H](O)[C@@H](O)[C@H](O)[C@H](O)CO. The fourth-order valence-corrected chi connectivity index (χ4v) is 1.88. The van der Waals surface area contributed by atoms with E-state index in [4.69, 9.17) is 61.3 Å². The quantitative estimate of drug-likeness (QED) is 0.218. The Morgan fingerprint density at radius 2 is 0.625 bits per heavy atom. The fourth-order valence-electron chi connectivity index (χ4n) is 1.88. The van der Waals surface area contributed by atoms with Crippen molar-refractivity contribution in [2.45, 2.75) is 61.0 Å². The zero-order chi connectivity index (χ0) is 19.2. The second-order valence-corrected chi connectivity index (χ2v) is 5.42. The number of aliphatic hydroxyl groups is 12. The van der Waals surface area contributed by atoms with E-state index in [-0.39, 0.29) is 0 Å². The van der Waals surface area contributed by atoms with Gasteiger partial charge in [-0.3, -0.25) is 0 Å². The van der Waals surface area contributed by atoms with E-state index in [1.807, 2.05) is 0 Å². The van der Waals surface area contributed by atoms with Gasteiger partial charge in [-0.1, -0.05) is 0 Å². The Labute approximate surface area is 136 Å². The van der Waals surface area contributed by atoms with Crippen LogP contribution < -0.4 is 0 Å². The molecule has 146 valence electrons. The lowest BCUT2D eigenvalue weighted by Crippen LogP contribution is -2.63. The van der Waals surface area contributed by atoms with Crippen molar-refractivity contribution in [2.24, 2.45) is 0 Å². The summed E-state index contributed by atoms with van der Waals surface area (Å²) in [6, 6.07) is 0. The second-order valence-electron chi connectivity index (χ2n) is 5.42. The van der Waals surface area contributed by atoms with Crippen LogP contribution in [0.15, 0.2) is 0 Å². The first-order chi connectivity index (χ1) is 11.0. The van der Waals surface area contributed by atoms with Crippen molar-refractivity contribution in [1.82, 2.24) is 0 Å². The molecule has 0 spiro atoms. The zero-order valence-electron chi connectivity index (χ0n) is 12.6. The van der Waals surface area contributed by atoms with Gasteiger partial charge in [-0.05, 0) is 0 Å². The van der Waals surface area contributed by atoms with Crippen molar-refractivity contribution in [3.05, 3.63) is 0 Å². The minimum Gasteiger partial charge on any atom is -0.394 e. The molecule has 1 aliphatic rings. The molecule has 0 aromatic heterocycles. The Hall–Kier alpha value is -0.480. The molecule has 0 bridgehead atoms. The Balaban J connectivity index is 0.000000441. The molecule has 0 aromatic carbocycles. The van der Waals surface area contributed by atoms with Gasteiger partial charge in [0.1, 0.15) is 61.0 Å². The Bertz CT molecular complexity index is 263. The number of aliphatic hydroxyl groups excluding tert-OH is 12. The van der Waals surface area contributed by atoms with Gasteiger partial charge in [0.2, 0.25) is 0 Å². The van der Waals surface area contributed by atoms with Gasteiger partial charge in [0.05, 0.1) is 13.2 Å². The predicted octanol–water partition coefficient (Wildman–Crippen LogP) is -7.42.